The number of hydrogen-bond donors (Lipinski definition) is 1. The van der Waals surface area contributed by atoms with E-state index in [1.165, 1.54) is 12.1 Å². The molecule has 1 saturated heterocycles. The summed E-state index contributed by atoms with van der Waals surface area (Å²) in [4.78, 5) is 26.5. The van der Waals surface area contributed by atoms with Crippen LogP contribution >= 0.6 is 15.9 Å². The van der Waals surface area contributed by atoms with Crippen molar-refractivity contribution in [3.8, 4) is 0 Å². The fourth-order valence-corrected chi connectivity index (χ4v) is 3.38. The van der Waals surface area contributed by atoms with Gasteiger partial charge < -0.3 is 10.2 Å². The van der Waals surface area contributed by atoms with Crippen molar-refractivity contribution in [1.29, 1.82) is 0 Å². The summed E-state index contributed by atoms with van der Waals surface area (Å²) in [5, 5.41) is 2.57. The van der Waals surface area contributed by atoms with E-state index in [1.54, 1.807) is 23.1 Å². The molecule has 0 saturated carbocycles. The van der Waals surface area contributed by atoms with Gasteiger partial charge in [0.05, 0.1) is 5.56 Å². The van der Waals surface area contributed by atoms with Crippen molar-refractivity contribution in [1.82, 2.24) is 5.32 Å². The molecule has 27 heavy (non-hydrogen) atoms. The summed E-state index contributed by atoms with van der Waals surface area (Å²) in [6.07, 6.45) is -4.08. The number of amides is 2. The zero-order chi connectivity index (χ0) is 19.6. The lowest BCUT2D eigenvalue weighted by molar-refractivity contribution is -0.137. The lowest BCUT2D eigenvalue weighted by atomic mass is 10.1. The second kappa shape index (κ2) is 7.72. The van der Waals surface area contributed by atoms with E-state index in [0.717, 1.165) is 16.6 Å². The van der Waals surface area contributed by atoms with Gasteiger partial charge in [0.15, 0.2) is 0 Å². The number of rotatable bonds is 4. The minimum absolute atomic E-state index is 0.0661. The van der Waals surface area contributed by atoms with Gasteiger partial charge in [-0.15, -0.1) is 0 Å². The first kappa shape index (κ1) is 19.4. The van der Waals surface area contributed by atoms with Gasteiger partial charge in [0, 0.05) is 23.2 Å². The van der Waals surface area contributed by atoms with Crippen LogP contribution in [-0.2, 0) is 22.3 Å². The molecule has 0 aromatic heterocycles. The number of carbonyl (C=O) groups excluding carboxylic acids is 2. The van der Waals surface area contributed by atoms with E-state index in [4.69, 9.17) is 0 Å². The van der Waals surface area contributed by atoms with Crippen LogP contribution in [0.3, 0.4) is 0 Å². The van der Waals surface area contributed by atoms with E-state index < -0.39 is 23.6 Å². The summed E-state index contributed by atoms with van der Waals surface area (Å²) in [6, 6.07) is 12.0. The summed E-state index contributed by atoms with van der Waals surface area (Å²) in [7, 11) is 0. The molecule has 0 spiro atoms. The molecular weight excluding hydrogens is 425 g/mol. The summed E-state index contributed by atoms with van der Waals surface area (Å²) in [5.74, 6) is -1.63. The zero-order valence-electron chi connectivity index (χ0n) is 14.1. The van der Waals surface area contributed by atoms with E-state index in [-0.39, 0.29) is 12.5 Å². The predicted molar refractivity (Wildman–Crippen MR) is 97.9 cm³/mol. The molecule has 2 amide bonds. The molecule has 8 heteroatoms. The molecule has 1 heterocycles. The van der Waals surface area contributed by atoms with E-state index >= 15 is 0 Å². The number of halogens is 4. The Kier molecular flexibility index (Phi) is 5.55. The lowest BCUT2D eigenvalue weighted by Crippen LogP contribution is -2.36. The second-order valence-electron chi connectivity index (χ2n) is 6.23. The molecule has 1 aliphatic heterocycles. The molecule has 3 rings (SSSR count). The van der Waals surface area contributed by atoms with Crippen LogP contribution < -0.4 is 10.2 Å². The minimum atomic E-state index is -4.44. The molecule has 1 fully saturated rings. The van der Waals surface area contributed by atoms with Crippen LogP contribution in [0.15, 0.2) is 53.0 Å². The Morgan fingerprint density at radius 2 is 1.93 bits per heavy atom. The average Bonchev–Trinajstić information content (AvgIpc) is 3.01. The zero-order valence-corrected chi connectivity index (χ0v) is 15.7. The minimum Gasteiger partial charge on any atom is -0.351 e. The summed E-state index contributed by atoms with van der Waals surface area (Å²) in [6.45, 7) is 0.348. The van der Waals surface area contributed by atoms with Crippen LogP contribution in [0.4, 0.5) is 18.9 Å². The summed E-state index contributed by atoms with van der Waals surface area (Å²) in [5.41, 5.74) is 0.252. The van der Waals surface area contributed by atoms with Gasteiger partial charge in [-0.05, 0) is 42.3 Å². The highest BCUT2D eigenvalue weighted by molar-refractivity contribution is 9.10. The third kappa shape index (κ3) is 4.50. The third-order valence-corrected chi connectivity index (χ3v) is 4.86. The molecule has 4 nitrogen and oxygen atoms in total. The Hall–Kier alpha value is -2.35. The van der Waals surface area contributed by atoms with E-state index in [1.807, 2.05) is 6.07 Å². The van der Waals surface area contributed by atoms with Gasteiger partial charge in [-0.25, -0.2) is 0 Å². The topological polar surface area (TPSA) is 49.4 Å². The van der Waals surface area contributed by atoms with Crippen molar-refractivity contribution in [2.45, 2.75) is 19.1 Å². The first-order chi connectivity index (χ1) is 12.8. The standard InChI is InChI=1S/C19H16BrF3N2O2/c20-14-5-2-6-15(10-14)25-8-7-16(18(25)27)17(26)24-11-12-3-1-4-13(9-12)19(21,22)23/h1-6,9-10,16H,7-8,11H2,(H,24,26)/t16-/m0/s1. The summed E-state index contributed by atoms with van der Waals surface area (Å²) >= 11 is 3.35. The maximum atomic E-state index is 12.8. The highest BCUT2D eigenvalue weighted by atomic mass is 79.9. The van der Waals surface area contributed by atoms with Crippen LogP contribution in [0.2, 0.25) is 0 Å². The maximum Gasteiger partial charge on any atom is 0.416 e. The Labute approximate surface area is 162 Å². The van der Waals surface area contributed by atoms with Crippen LogP contribution in [0.25, 0.3) is 0 Å². The monoisotopic (exact) mass is 440 g/mol. The van der Waals surface area contributed by atoms with Crippen molar-refractivity contribution in [3.63, 3.8) is 0 Å². The molecule has 142 valence electrons. The Morgan fingerprint density at radius 3 is 2.63 bits per heavy atom. The lowest BCUT2D eigenvalue weighted by Gasteiger charge is -2.17. The van der Waals surface area contributed by atoms with Crippen molar-refractivity contribution in [3.05, 3.63) is 64.1 Å². The van der Waals surface area contributed by atoms with Crippen LogP contribution in [-0.4, -0.2) is 18.4 Å². The number of nitrogens with zero attached hydrogens (tertiary/aromatic N) is 1. The Morgan fingerprint density at radius 1 is 1.19 bits per heavy atom. The van der Waals surface area contributed by atoms with E-state index in [2.05, 4.69) is 21.2 Å². The van der Waals surface area contributed by atoms with Crippen molar-refractivity contribution in [2.24, 2.45) is 5.92 Å². The van der Waals surface area contributed by atoms with Gasteiger partial charge in [0.1, 0.15) is 5.92 Å². The van der Waals surface area contributed by atoms with Crippen LogP contribution in [0, 0.1) is 5.92 Å². The average molecular weight is 441 g/mol. The first-order valence-electron chi connectivity index (χ1n) is 8.26. The molecule has 1 N–H and O–H groups in total. The quantitative estimate of drug-likeness (QED) is 0.726. The Balaban J connectivity index is 1.63. The van der Waals surface area contributed by atoms with Gasteiger partial charge >= 0.3 is 6.18 Å². The molecule has 1 aliphatic rings. The smallest absolute Gasteiger partial charge is 0.351 e. The number of nitrogens with one attached hydrogen (secondary N) is 1. The first-order valence-corrected chi connectivity index (χ1v) is 9.06. The van der Waals surface area contributed by atoms with E-state index in [0.29, 0.717) is 24.2 Å². The molecule has 0 radical (unpaired) electrons. The Bertz CT molecular complexity index is 870. The predicted octanol–water partition coefficient (Wildman–Crippen LogP) is 4.14. The second-order valence-corrected chi connectivity index (χ2v) is 7.14. The normalized spacial score (nSPS) is 17.3. The molecule has 1 atom stereocenters. The van der Waals surface area contributed by atoms with Crippen molar-refractivity contribution < 1.29 is 22.8 Å². The van der Waals surface area contributed by atoms with Crippen molar-refractivity contribution in [2.75, 3.05) is 11.4 Å². The summed E-state index contributed by atoms with van der Waals surface area (Å²) < 4.78 is 39.1. The van der Waals surface area contributed by atoms with Crippen LogP contribution in [0.5, 0.6) is 0 Å². The molecule has 0 bridgehead atoms. The maximum absolute atomic E-state index is 12.8. The molecule has 0 unspecified atom stereocenters. The largest absolute Gasteiger partial charge is 0.416 e. The van der Waals surface area contributed by atoms with Gasteiger partial charge in [-0.1, -0.05) is 34.1 Å². The fourth-order valence-electron chi connectivity index (χ4n) is 2.99. The molecule has 2 aromatic rings. The number of benzene rings is 2. The number of carbonyl (C=O) groups is 2. The van der Waals surface area contributed by atoms with Gasteiger partial charge in [-0.3, -0.25) is 9.59 Å². The molecule has 0 aliphatic carbocycles. The van der Waals surface area contributed by atoms with Crippen molar-refractivity contribution >= 4 is 33.4 Å². The van der Waals surface area contributed by atoms with E-state index in [9.17, 15) is 22.8 Å². The number of anilines is 1. The highest BCUT2D eigenvalue weighted by Gasteiger charge is 2.37. The van der Waals surface area contributed by atoms with Gasteiger partial charge in [0.2, 0.25) is 11.8 Å². The van der Waals surface area contributed by atoms with Gasteiger partial charge in [0.25, 0.3) is 0 Å². The molecular formula is C19H16BrF3N2O2. The highest BCUT2D eigenvalue weighted by Crippen LogP contribution is 2.30. The number of hydrogen-bond acceptors (Lipinski definition) is 2. The van der Waals surface area contributed by atoms with Gasteiger partial charge in [-0.2, -0.15) is 13.2 Å². The van der Waals surface area contributed by atoms with Crippen LogP contribution in [0.1, 0.15) is 17.5 Å². The molecule has 2 aromatic carbocycles. The number of alkyl halides is 3. The SMILES string of the molecule is O=C(NCc1cccc(C(F)(F)F)c1)[C@@H]1CCN(c2cccc(Br)c2)C1=O. The fraction of sp³-hybridized carbons (Fsp3) is 0.263. The third-order valence-electron chi connectivity index (χ3n) is 4.36.